The molecule has 106 valence electrons. The zero-order valence-corrected chi connectivity index (χ0v) is 11.9. The molecule has 0 amide bonds. The van der Waals surface area contributed by atoms with Crippen LogP contribution in [-0.4, -0.2) is 36.1 Å². The lowest BCUT2D eigenvalue weighted by Gasteiger charge is -2.40. The quantitative estimate of drug-likeness (QED) is 0.899. The average molecular weight is 271 g/mol. The number of nitrogens with zero attached hydrogens (tertiary/aromatic N) is 1. The smallest absolute Gasteiger partial charge is 0.307 e. The summed E-state index contributed by atoms with van der Waals surface area (Å²) in [6, 6.07) is 10.5. The molecular formula is C17H21NO2. The third-order valence-electron chi connectivity index (χ3n) is 4.74. The minimum Gasteiger partial charge on any atom is -0.481 e. The predicted molar refractivity (Wildman–Crippen MR) is 79.3 cm³/mol. The molecule has 2 aliphatic rings. The molecule has 1 aromatic rings. The van der Waals surface area contributed by atoms with Gasteiger partial charge in [-0.05, 0) is 37.4 Å². The van der Waals surface area contributed by atoms with Gasteiger partial charge in [0.25, 0.3) is 0 Å². The van der Waals surface area contributed by atoms with Gasteiger partial charge in [0.05, 0.1) is 5.92 Å². The van der Waals surface area contributed by atoms with E-state index in [0.717, 1.165) is 32.4 Å². The zero-order valence-electron chi connectivity index (χ0n) is 11.9. The first-order valence-corrected chi connectivity index (χ1v) is 7.35. The van der Waals surface area contributed by atoms with Crippen LogP contribution in [0.4, 0.5) is 0 Å². The summed E-state index contributed by atoms with van der Waals surface area (Å²) in [5.41, 5.74) is 4.08. The number of hydrogen-bond donors (Lipinski definition) is 1. The minimum absolute atomic E-state index is 0.190. The molecule has 1 aliphatic heterocycles. The lowest BCUT2D eigenvalue weighted by Crippen LogP contribution is -2.42. The Balaban J connectivity index is 2.01. The minimum atomic E-state index is -0.630. The van der Waals surface area contributed by atoms with Gasteiger partial charge in [0.2, 0.25) is 0 Å². The third kappa shape index (κ3) is 2.38. The molecular weight excluding hydrogens is 250 g/mol. The van der Waals surface area contributed by atoms with E-state index in [1.807, 2.05) is 6.07 Å². The molecule has 0 bridgehead atoms. The van der Waals surface area contributed by atoms with Gasteiger partial charge in [-0.2, -0.15) is 0 Å². The van der Waals surface area contributed by atoms with Crippen molar-refractivity contribution < 1.29 is 9.90 Å². The number of aliphatic carboxylic acids is 1. The first-order valence-electron chi connectivity index (χ1n) is 7.35. The number of carbonyl (C=O) groups is 1. The standard InChI is InChI=1S/C17H21NO2/c1-18-10-9-14-13(12-5-3-2-4-6-12)7-8-15(17(19)20)16(14)11-18/h2-6,15-16H,7-11H2,1H3,(H,19,20). The normalized spacial score (nSPS) is 27.2. The Morgan fingerprint density at radius 3 is 2.70 bits per heavy atom. The van der Waals surface area contributed by atoms with Crippen molar-refractivity contribution >= 4 is 11.5 Å². The molecule has 2 unspecified atom stereocenters. The van der Waals surface area contributed by atoms with Crippen LogP contribution >= 0.6 is 0 Å². The van der Waals surface area contributed by atoms with Crippen LogP contribution in [0.3, 0.4) is 0 Å². The Hall–Kier alpha value is -1.61. The van der Waals surface area contributed by atoms with Gasteiger partial charge >= 0.3 is 5.97 Å². The molecule has 20 heavy (non-hydrogen) atoms. The number of carboxylic acids is 1. The second kappa shape index (κ2) is 5.41. The Bertz CT molecular complexity index is 535. The van der Waals surface area contributed by atoms with Gasteiger partial charge in [0.15, 0.2) is 0 Å². The number of fused-ring (bicyclic) bond motifs is 1. The van der Waals surface area contributed by atoms with Crippen LogP contribution in [0.2, 0.25) is 0 Å². The maximum Gasteiger partial charge on any atom is 0.307 e. The monoisotopic (exact) mass is 271 g/mol. The van der Waals surface area contributed by atoms with E-state index in [4.69, 9.17) is 0 Å². The summed E-state index contributed by atoms with van der Waals surface area (Å²) in [5.74, 6) is -0.648. The highest BCUT2D eigenvalue weighted by Crippen LogP contribution is 2.43. The van der Waals surface area contributed by atoms with Crippen molar-refractivity contribution in [2.75, 3.05) is 20.1 Å². The van der Waals surface area contributed by atoms with Gasteiger partial charge in [-0.1, -0.05) is 35.9 Å². The Morgan fingerprint density at radius 2 is 2.00 bits per heavy atom. The largest absolute Gasteiger partial charge is 0.481 e. The van der Waals surface area contributed by atoms with E-state index in [2.05, 4.69) is 36.2 Å². The first-order chi connectivity index (χ1) is 9.66. The maximum absolute atomic E-state index is 11.5. The SMILES string of the molecule is CN1CCC2=C(c3ccccc3)CCC(C(=O)O)C2C1. The van der Waals surface area contributed by atoms with E-state index < -0.39 is 5.97 Å². The van der Waals surface area contributed by atoms with Crippen molar-refractivity contribution in [1.29, 1.82) is 0 Å². The molecule has 0 radical (unpaired) electrons. The van der Waals surface area contributed by atoms with Crippen LogP contribution in [0.15, 0.2) is 35.9 Å². The van der Waals surface area contributed by atoms with Crippen molar-refractivity contribution in [3.8, 4) is 0 Å². The number of allylic oxidation sites excluding steroid dienone is 1. The fourth-order valence-corrected chi connectivity index (χ4v) is 3.70. The van der Waals surface area contributed by atoms with Gasteiger partial charge in [-0.3, -0.25) is 4.79 Å². The summed E-state index contributed by atoms with van der Waals surface area (Å²) in [6.45, 7) is 1.91. The van der Waals surface area contributed by atoms with E-state index in [0.29, 0.717) is 0 Å². The van der Waals surface area contributed by atoms with Crippen LogP contribution in [0.25, 0.3) is 5.57 Å². The van der Waals surface area contributed by atoms with Gasteiger partial charge in [-0.15, -0.1) is 0 Å². The maximum atomic E-state index is 11.5. The fourth-order valence-electron chi connectivity index (χ4n) is 3.70. The first kappa shape index (κ1) is 13.4. The molecule has 1 fully saturated rings. The number of piperidine rings is 1. The van der Waals surface area contributed by atoms with Crippen molar-refractivity contribution in [3.05, 3.63) is 41.5 Å². The molecule has 1 saturated heterocycles. The van der Waals surface area contributed by atoms with Crippen LogP contribution in [-0.2, 0) is 4.79 Å². The second-order valence-electron chi connectivity index (χ2n) is 5.97. The van der Waals surface area contributed by atoms with Gasteiger partial charge in [0.1, 0.15) is 0 Å². The van der Waals surface area contributed by atoms with E-state index in [1.165, 1.54) is 16.7 Å². The Morgan fingerprint density at radius 1 is 1.25 bits per heavy atom. The number of benzene rings is 1. The second-order valence-corrected chi connectivity index (χ2v) is 5.97. The van der Waals surface area contributed by atoms with E-state index >= 15 is 0 Å². The average Bonchev–Trinajstić information content (AvgIpc) is 2.46. The van der Waals surface area contributed by atoms with Crippen LogP contribution < -0.4 is 0 Å². The van der Waals surface area contributed by atoms with E-state index in [-0.39, 0.29) is 11.8 Å². The molecule has 3 heteroatoms. The number of hydrogen-bond acceptors (Lipinski definition) is 2. The van der Waals surface area contributed by atoms with Crippen molar-refractivity contribution in [3.63, 3.8) is 0 Å². The molecule has 0 aromatic heterocycles. The third-order valence-corrected chi connectivity index (χ3v) is 4.74. The molecule has 1 aliphatic carbocycles. The highest BCUT2D eigenvalue weighted by Gasteiger charge is 2.38. The molecule has 1 aromatic carbocycles. The number of carboxylic acid groups (broad SMARTS) is 1. The lowest BCUT2D eigenvalue weighted by atomic mass is 9.70. The molecule has 1 N–H and O–H groups in total. The van der Waals surface area contributed by atoms with Gasteiger partial charge in [-0.25, -0.2) is 0 Å². The van der Waals surface area contributed by atoms with Gasteiger partial charge in [0, 0.05) is 19.0 Å². The molecule has 3 rings (SSSR count). The van der Waals surface area contributed by atoms with Crippen LogP contribution in [0.1, 0.15) is 24.8 Å². The molecule has 1 heterocycles. The Labute approximate surface area is 119 Å². The lowest BCUT2D eigenvalue weighted by molar-refractivity contribution is -0.144. The highest BCUT2D eigenvalue weighted by molar-refractivity contribution is 5.77. The summed E-state index contributed by atoms with van der Waals surface area (Å²) >= 11 is 0. The summed E-state index contributed by atoms with van der Waals surface area (Å²) in [7, 11) is 2.09. The van der Waals surface area contributed by atoms with Crippen molar-refractivity contribution in [2.24, 2.45) is 11.8 Å². The molecule has 3 nitrogen and oxygen atoms in total. The van der Waals surface area contributed by atoms with E-state index in [9.17, 15) is 9.90 Å². The Kier molecular flexibility index (Phi) is 3.62. The van der Waals surface area contributed by atoms with Crippen LogP contribution in [0.5, 0.6) is 0 Å². The number of likely N-dealkylation sites (tertiary alicyclic amines) is 1. The summed E-state index contributed by atoms with van der Waals surface area (Å²) in [5, 5.41) is 9.48. The van der Waals surface area contributed by atoms with Crippen molar-refractivity contribution in [2.45, 2.75) is 19.3 Å². The van der Waals surface area contributed by atoms with Gasteiger partial charge < -0.3 is 10.0 Å². The fraction of sp³-hybridized carbons (Fsp3) is 0.471. The predicted octanol–water partition coefficient (Wildman–Crippen LogP) is 2.89. The van der Waals surface area contributed by atoms with E-state index in [1.54, 1.807) is 0 Å². The zero-order chi connectivity index (χ0) is 14.1. The molecule has 2 atom stereocenters. The molecule has 0 saturated carbocycles. The highest BCUT2D eigenvalue weighted by atomic mass is 16.4. The topological polar surface area (TPSA) is 40.5 Å². The van der Waals surface area contributed by atoms with Crippen LogP contribution in [0, 0.1) is 11.8 Å². The summed E-state index contributed by atoms with van der Waals surface area (Å²) in [4.78, 5) is 13.8. The molecule has 0 spiro atoms. The van der Waals surface area contributed by atoms with Crippen molar-refractivity contribution in [1.82, 2.24) is 4.90 Å². The summed E-state index contributed by atoms with van der Waals surface area (Å²) in [6.07, 6.45) is 2.67. The number of rotatable bonds is 2. The summed E-state index contributed by atoms with van der Waals surface area (Å²) < 4.78 is 0.